The van der Waals surface area contributed by atoms with E-state index in [2.05, 4.69) is 10.1 Å². The van der Waals surface area contributed by atoms with Crippen LogP contribution in [-0.4, -0.2) is 16.1 Å². The summed E-state index contributed by atoms with van der Waals surface area (Å²) in [5.74, 6) is -0.191. The van der Waals surface area contributed by atoms with Crippen LogP contribution in [0.15, 0.2) is 28.8 Å². The summed E-state index contributed by atoms with van der Waals surface area (Å²) in [6.45, 7) is 0. The Kier molecular flexibility index (Phi) is 3.94. The number of hydrogen-bond acceptors (Lipinski definition) is 5. The summed E-state index contributed by atoms with van der Waals surface area (Å²) in [5.41, 5.74) is 0.800. The van der Waals surface area contributed by atoms with Crippen LogP contribution in [0.5, 0.6) is 0 Å². The lowest BCUT2D eigenvalue weighted by molar-refractivity contribution is -0.305. The van der Waals surface area contributed by atoms with E-state index < -0.39 is 5.97 Å². The summed E-state index contributed by atoms with van der Waals surface area (Å²) in [6.07, 6.45) is 0.831. The number of carbonyl (C=O) groups excluding carboxylic acids is 1. The average molecular weight is 266 g/mol. The van der Waals surface area contributed by atoms with Crippen molar-refractivity contribution >= 4 is 17.6 Å². The molecule has 0 N–H and O–H groups in total. The zero-order chi connectivity index (χ0) is 13.0. The van der Waals surface area contributed by atoms with Crippen molar-refractivity contribution in [3.63, 3.8) is 0 Å². The molecular weight excluding hydrogens is 256 g/mol. The van der Waals surface area contributed by atoms with Crippen LogP contribution in [0.1, 0.15) is 18.7 Å². The minimum atomic E-state index is -1.08. The normalized spacial score (nSPS) is 10.5. The van der Waals surface area contributed by atoms with Crippen molar-refractivity contribution in [2.24, 2.45) is 0 Å². The minimum absolute atomic E-state index is 0.0152. The zero-order valence-electron chi connectivity index (χ0n) is 9.43. The van der Waals surface area contributed by atoms with E-state index in [1.54, 1.807) is 24.3 Å². The van der Waals surface area contributed by atoms with Crippen molar-refractivity contribution in [1.29, 1.82) is 0 Å². The van der Waals surface area contributed by atoms with E-state index in [1.165, 1.54) is 0 Å². The Bertz CT molecular complexity index is 537. The Labute approximate surface area is 108 Å². The fourth-order valence-corrected chi connectivity index (χ4v) is 1.58. The highest BCUT2D eigenvalue weighted by Crippen LogP contribution is 2.19. The second-order valence-corrected chi connectivity index (χ2v) is 4.18. The van der Waals surface area contributed by atoms with Crippen molar-refractivity contribution in [2.45, 2.75) is 19.3 Å². The molecule has 0 atom stereocenters. The van der Waals surface area contributed by atoms with Crippen molar-refractivity contribution in [1.82, 2.24) is 10.1 Å². The second kappa shape index (κ2) is 5.64. The third-order valence-electron chi connectivity index (χ3n) is 2.34. The van der Waals surface area contributed by atoms with Gasteiger partial charge in [-0.3, -0.25) is 0 Å². The van der Waals surface area contributed by atoms with Gasteiger partial charge in [-0.15, -0.1) is 0 Å². The molecule has 5 nitrogen and oxygen atoms in total. The molecule has 0 radical (unpaired) electrons. The molecule has 0 spiro atoms. The number of carboxylic acid groups (broad SMARTS) is 1. The molecule has 0 aliphatic heterocycles. The number of aromatic nitrogens is 2. The van der Waals surface area contributed by atoms with Gasteiger partial charge in [0, 0.05) is 23.0 Å². The smallest absolute Gasteiger partial charge is 0.226 e. The molecule has 0 saturated carbocycles. The number of benzene rings is 1. The number of nitrogens with zero attached hydrogens (tertiary/aromatic N) is 2. The van der Waals surface area contributed by atoms with E-state index in [0.717, 1.165) is 5.56 Å². The molecular formula is C12H10ClN2O3-. The van der Waals surface area contributed by atoms with E-state index >= 15 is 0 Å². The third-order valence-corrected chi connectivity index (χ3v) is 2.59. The molecule has 94 valence electrons. The first kappa shape index (κ1) is 12.6. The quantitative estimate of drug-likeness (QED) is 0.818. The van der Waals surface area contributed by atoms with E-state index in [0.29, 0.717) is 29.6 Å². The van der Waals surface area contributed by atoms with Crippen LogP contribution in [0.2, 0.25) is 5.02 Å². The summed E-state index contributed by atoms with van der Waals surface area (Å²) in [6, 6.07) is 7.06. The van der Waals surface area contributed by atoms with Crippen LogP contribution in [0, 0.1) is 0 Å². The standard InChI is InChI=1S/C12H11ClN2O3/c13-9-6-4-8(5-7-9)12-14-10(18-15-12)2-1-3-11(16)17/h4-7H,1-3H2,(H,16,17)/p-1. The molecule has 0 bridgehead atoms. The van der Waals surface area contributed by atoms with Crippen LogP contribution in [-0.2, 0) is 11.2 Å². The number of halogens is 1. The van der Waals surface area contributed by atoms with Gasteiger partial charge in [0.05, 0.1) is 0 Å². The van der Waals surface area contributed by atoms with Gasteiger partial charge in [-0.05, 0) is 37.1 Å². The molecule has 0 saturated heterocycles. The molecule has 0 amide bonds. The van der Waals surface area contributed by atoms with E-state index in [4.69, 9.17) is 16.1 Å². The average Bonchev–Trinajstić information content (AvgIpc) is 2.78. The molecule has 1 heterocycles. The molecule has 0 aliphatic carbocycles. The Morgan fingerprint density at radius 3 is 2.72 bits per heavy atom. The molecule has 0 unspecified atom stereocenters. The predicted molar refractivity (Wildman–Crippen MR) is 62.7 cm³/mol. The van der Waals surface area contributed by atoms with Crippen LogP contribution >= 0.6 is 11.6 Å². The Balaban J connectivity index is 2.01. The van der Waals surface area contributed by atoms with Gasteiger partial charge >= 0.3 is 0 Å². The van der Waals surface area contributed by atoms with Crippen molar-refractivity contribution in [2.75, 3.05) is 0 Å². The predicted octanol–water partition coefficient (Wildman–Crippen LogP) is 1.46. The monoisotopic (exact) mass is 265 g/mol. The van der Waals surface area contributed by atoms with Crippen molar-refractivity contribution < 1.29 is 14.4 Å². The fourth-order valence-electron chi connectivity index (χ4n) is 1.46. The molecule has 18 heavy (non-hydrogen) atoms. The van der Waals surface area contributed by atoms with Crippen LogP contribution in [0.3, 0.4) is 0 Å². The summed E-state index contributed by atoms with van der Waals surface area (Å²) in [4.78, 5) is 14.4. The number of hydrogen-bond donors (Lipinski definition) is 0. The zero-order valence-corrected chi connectivity index (χ0v) is 10.2. The summed E-state index contributed by atoms with van der Waals surface area (Å²) < 4.78 is 5.02. The first-order valence-corrected chi connectivity index (χ1v) is 5.81. The van der Waals surface area contributed by atoms with Crippen LogP contribution in [0.25, 0.3) is 11.4 Å². The van der Waals surface area contributed by atoms with Gasteiger partial charge in [0.2, 0.25) is 11.7 Å². The fraction of sp³-hybridized carbons (Fsp3) is 0.250. The maximum atomic E-state index is 10.3. The van der Waals surface area contributed by atoms with Gasteiger partial charge < -0.3 is 14.4 Å². The number of aliphatic carboxylic acids is 1. The Morgan fingerprint density at radius 1 is 1.33 bits per heavy atom. The SMILES string of the molecule is O=C([O-])CCCc1nc(-c2ccc(Cl)cc2)no1. The number of carboxylic acids is 1. The largest absolute Gasteiger partial charge is 0.550 e. The first-order chi connectivity index (χ1) is 8.65. The second-order valence-electron chi connectivity index (χ2n) is 3.74. The van der Waals surface area contributed by atoms with E-state index in [-0.39, 0.29) is 6.42 Å². The number of aryl methyl sites for hydroxylation is 1. The van der Waals surface area contributed by atoms with Gasteiger partial charge in [-0.2, -0.15) is 4.98 Å². The maximum Gasteiger partial charge on any atom is 0.226 e. The van der Waals surface area contributed by atoms with Crippen LogP contribution in [0.4, 0.5) is 0 Å². The lowest BCUT2D eigenvalue weighted by Gasteiger charge is -1.97. The highest BCUT2D eigenvalue weighted by molar-refractivity contribution is 6.30. The first-order valence-electron chi connectivity index (χ1n) is 5.43. The molecule has 1 aromatic carbocycles. The molecule has 2 aromatic rings. The summed E-state index contributed by atoms with van der Waals surface area (Å²) in [7, 11) is 0. The summed E-state index contributed by atoms with van der Waals surface area (Å²) in [5, 5.41) is 14.7. The molecule has 0 aliphatic rings. The van der Waals surface area contributed by atoms with Gasteiger partial charge in [0.25, 0.3) is 0 Å². The van der Waals surface area contributed by atoms with Crippen LogP contribution < -0.4 is 5.11 Å². The van der Waals surface area contributed by atoms with E-state index in [1.807, 2.05) is 0 Å². The Morgan fingerprint density at radius 2 is 2.06 bits per heavy atom. The molecule has 2 rings (SSSR count). The number of carbonyl (C=O) groups is 1. The van der Waals surface area contributed by atoms with Crippen molar-refractivity contribution in [3.8, 4) is 11.4 Å². The molecule has 6 heteroatoms. The van der Waals surface area contributed by atoms with Gasteiger partial charge in [-0.1, -0.05) is 16.8 Å². The Hall–Kier alpha value is -1.88. The topological polar surface area (TPSA) is 79.0 Å². The highest BCUT2D eigenvalue weighted by atomic mass is 35.5. The maximum absolute atomic E-state index is 10.3. The highest BCUT2D eigenvalue weighted by Gasteiger charge is 2.08. The molecule has 0 fully saturated rings. The molecule has 1 aromatic heterocycles. The lowest BCUT2D eigenvalue weighted by Crippen LogP contribution is -2.21. The minimum Gasteiger partial charge on any atom is -0.550 e. The number of rotatable bonds is 5. The van der Waals surface area contributed by atoms with Crippen molar-refractivity contribution in [3.05, 3.63) is 35.2 Å². The van der Waals surface area contributed by atoms with E-state index in [9.17, 15) is 9.90 Å². The third kappa shape index (κ3) is 3.30. The van der Waals surface area contributed by atoms with Gasteiger partial charge in [0.1, 0.15) is 0 Å². The van der Waals surface area contributed by atoms with Gasteiger partial charge in [0.15, 0.2) is 0 Å². The lowest BCUT2D eigenvalue weighted by atomic mass is 10.2. The summed E-state index contributed by atoms with van der Waals surface area (Å²) >= 11 is 5.78. The van der Waals surface area contributed by atoms with Gasteiger partial charge in [-0.25, -0.2) is 0 Å².